The molecule has 0 spiro atoms. The Bertz CT molecular complexity index is 353. The third kappa shape index (κ3) is 3.92. The quantitative estimate of drug-likeness (QED) is 0.927. The van der Waals surface area contributed by atoms with Crippen LogP contribution in [0, 0.1) is 0 Å². The topological polar surface area (TPSA) is 28.2 Å². The first-order chi connectivity index (χ1) is 8.28. The molecule has 3 nitrogen and oxygen atoms in total. The van der Waals surface area contributed by atoms with Gasteiger partial charge in [0.05, 0.1) is 11.9 Å². The lowest BCUT2D eigenvalue weighted by Gasteiger charge is -2.32. The molecule has 0 amide bonds. The highest BCUT2D eigenvalue weighted by Gasteiger charge is 2.18. The van der Waals surface area contributed by atoms with Gasteiger partial charge in [-0.15, -0.1) is 0 Å². The molecule has 0 saturated carbocycles. The van der Waals surface area contributed by atoms with Crippen molar-refractivity contribution in [3.05, 3.63) is 22.9 Å². The summed E-state index contributed by atoms with van der Waals surface area (Å²) in [5.41, 5.74) is 1.04. The summed E-state index contributed by atoms with van der Waals surface area (Å²) in [5.74, 6) is 0. The van der Waals surface area contributed by atoms with Gasteiger partial charge in [0.15, 0.2) is 0 Å². The Morgan fingerprint density at radius 1 is 1.41 bits per heavy atom. The number of piperidine rings is 1. The van der Waals surface area contributed by atoms with E-state index in [0.29, 0.717) is 12.6 Å². The second-order valence-corrected chi connectivity index (χ2v) is 5.26. The molecule has 1 saturated heterocycles. The van der Waals surface area contributed by atoms with Crippen LogP contribution >= 0.6 is 15.9 Å². The molecule has 5 heteroatoms. The molecule has 1 N–H and O–H groups in total. The molecule has 94 valence electrons. The number of nitrogens with one attached hydrogen (secondary N) is 1. The number of hydrogen-bond donors (Lipinski definition) is 1. The first kappa shape index (κ1) is 12.8. The summed E-state index contributed by atoms with van der Waals surface area (Å²) in [5, 5.41) is 3.47. The monoisotopic (exact) mass is 301 g/mol. The number of hydrogen-bond acceptors (Lipinski definition) is 3. The normalized spacial score (nSPS) is 18.2. The highest BCUT2D eigenvalue weighted by Crippen LogP contribution is 2.18. The second-order valence-electron chi connectivity index (χ2n) is 4.34. The van der Waals surface area contributed by atoms with Gasteiger partial charge in [0.25, 0.3) is 0 Å². The van der Waals surface area contributed by atoms with Crippen LogP contribution in [0.5, 0.6) is 0 Å². The number of halogens is 2. The molecule has 2 heterocycles. The Morgan fingerprint density at radius 2 is 2.18 bits per heavy atom. The smallest absolute Gasteiger partial charge is 0.102 e. The van der Waals surface area contributed by atoms with E-state index < -0.39 is 0 Å². The van der Waals surface area contributed by atoms with E-state index in [1.54, 1.807) is 6.20 Å². The molecule has 0 unspecified atom stereocenters. The van der Waals surface area contributed by atoms with Crippen LogP contribution in [-0.2, 0) is 0 Å². The lowest BCUT2D eigenvalue weighted by Crippen LogP contribution is -2.40. The van der Waals surface area contributed by atoms with Crippen molar-refractivity contribution in [2.24, 2.45) is 0 Å². The maximum absolute atomic E-state index is 12.2. The van der Waals surface area contributed by atoms with Crippen molar-refractivity contribution >= 4 is 21.6 Å². The SMILES string of the molecule is FCCN1CCC(Nc2cncc(Br)c2)CC1. The molecule has 0 bridgehead atoms. The van der Waals surface area contributed by atoms with Gasteiger partial charge in [0.2, 0.25) is 0 Å². The lowest BCUT2D eigenvalue weighted by atomic mass is 10.0. The molecule has 1 aromatic heterocycles. The number of rotatable bonds is 4. The van der Waals surface area contributed by atoms with Crippen molar-refractivity contribution < 1.29 is 4.39 Å². The van der Waals surface area contributed by atoms with E-state index in [2.05, 4.69) is 31.1 Å². The van der Waals surface area contributed by atoms with Gasteiger partial charge in [0.1, 0.15) is 6.67 Å². The van der Waals surface area contributed by atoms with Crippen LogP contribution in [0.1, 0.15) is 12.8 Å². The van der Waals surface area contributed by atoms with Gasteiger partial charge in [-0.3, -0.25) is 4.98 Å². The van der Waals surface area contributed by atoms with Crippen molar-refractivity contribution in [2.45, 2.75) is 18.9 Å². The van der Waals surface area contributed by atoms with Crippen molar-refractivity contribution in [1.82, 2.24) is 9.88 Å². The Labute approximate surface area is 110 Å². The fourth-order valence-corrected chi connectivity index (χ4v) is 2.51. The third-order valence-electron chi connectivity index (χ3n) is 3.06. The minimum absolute atomic E-state index is 0.242. The summed E-state index contributed by atoms with van der Waals surface area (Å²) < 4.78 is 13.2. The summed E-state index contributed by atoms with van der Waals surface area (Å²) in [6, 6.07) is 2.50. The van der Waals surface area contributed by atoms with Crippen molar-refractivity contribution in [3.63, 3.8) is 0 Å². The average molecular weight is 302 g/mol. The van der Waals surface area contributed by atoms with Gasteiger partial charge in [-0.05, 0) is 34.8 Å². The van der Waals surface area contributed by atoms with Crippen molar-refractivity contribution in [2.75, 3.05) is 31.6 Å². The van der Waals surface area contributed by atoms with Crippen LogP contribution < -0.4 is 5.32 Å². The van der Waals surface area contributed by atoms with Crippen LogP contribution in [0.2, 0.25) is 0 Å². The Morgan fingerprint density at radius 3 is 2.82 bits per heavy atom. The fraction of sp³-hybridized carbons (Fsp3) is 0.583. The number of nitrogens with zero attached hydrogens (tertiary/aromatic N) is 2. The lowest BCUT2D eigenvalue weighted by molar-refractivity contribution is 0.203. The van der Waals surface area contributed by atoms with E-state index in [4.69, 9.17) is 0 Å². The zero-order valence-electron chi connectivity index (χ0n) is 9.70. The number of anilines is 1. The van der Waals surface area contributed by atoms with Gasteiger partial charge in [0, 0.05) is 36.3 Å². The van der Waals surface area contributed by atoms with Gasteiger partial charge in [-0.1, -0.05) is 0 Å². The van der Waals surface area contributed by atoms with Gasteiger partial charge >= 0.3 is 0 Å². The largest absolute Gasteiger partial charge is 0.381 e. The van der Waals surface area contributed by atoms with Gasteiger partial charge in [-0.25, -0.2) is 4.39 Å². The van der Waals surface area contributed by atoms with E-state index in [1.165, 1.54) is 0 Å². The van der Waals surface area contributed by atoms with Gasteiger partial charge < -0.3 is 10.2 Å². The summed E-state index contributed by atoms with van der Waals surface area (Å²) in [6.45, 7) is 2.28. The molecule has 0 aromatic carbocycles. The molecular formula is C12H17BrFN3. The number of aromatic nitrogens is 1. The number of pyridine rings is 1. The van der Waals surface area contributed by atoms with Crippen LogP contribution in [0.3, 0.4) is 0 Å². The second kappa shape index (κ2) is 6.31. The Balaban J connectivity index is 1.82. The first-order valence-electron chi connectivity index (χ1n) is 5.93. The number of alkyl halides is 1. The van der Waals surface area contributed by atoms with E-state index in [0.717, 1.165) is 36.1 Å². The third-order valence-corrected chi connectivity index (χ3v) is 3.50. The molecule has 0 radical (unpaired) electrons. The molecule has 1 fully saturated rings. The predicted molar refractivity (Wildman–Crippen MR) is 71.0 cm³/mol. The van der Waals surface area contributed by atoms with Crippen LogP contribution in [0.25, 0.3) is 0 Å². The Kier molecular flexibility index (Phi) is 4.74. The average Bonchev–Trinajstić information content (AvgIpc) is 2.32. The maximum Gasteiger partial charge on any atom is 0.102 e. The standard InChI is InChI=1S/C12H17BrFN3/c13-10-7-12(9-15-8-10)16-11-1-4-17(5-2-11)6-3-14/h7-9,11,16H,1-6H2. The number of likely N-dealkylation sites (tertiary alicyclic amines) is 1. The molecular weight excluding hydrogens is 285 g/mol. The van der Waals surface area contributed by atoms with Crippen molar-refractivity contribution in [3.8, 4) is 0 Å². The van der Waals surface area contributed by atoms with Crippen LogP contribution in [0.4, 0.5) is 10.1 Å². The molecule has 0 aliphatic carbocycles. The van der Waals surface area contributed by atoms with E-state index in [-0.39, 0.29) is 6.67 Å². The maximum atomic E-state index is 12.2. The molecule has 2 rings (SSSR count). The zero-order chi connectivity index (χ0) is 12.1. The summed E-state index contributed by atoms with van der Waals surface area (Å²) >= 11 is 3.40. The molecule has 1 aliphatic rings. The molecule has 1 aromatic rings. The van der Waals surface area contributed by atoms with E-state index in [1.807, 2.05) is 12.3 Å². The predicted octanol–water partition coefficient (Wildman–Crippen LogP) is 2.69. The minimum atomic E-state index is -0.242. The molecule has 0 atom stereocenters. The van der Waals surface area contributed by atoms with Crippen molar-refractivity contribution in [1.29, 1.82) is 0 Å². The Hall–Kier alpha value is -0.680. The summed E-state index contributed by atoms with van der Waals surface area (Å²) in [6.07, 6.45) is 5.73. The van der Waals surface area contributed by atoms with E-state index >= 15 is 0 Å². The van der Waals surface area contributed by atoms with Crippen LogP contribution in [0.15, 0.2) is 22.9 Å². The highest BCUT2D eigenvalue weighted by molar-refractivity contribution is 9.10. The minimum Gasteiger partial charge on any atom is -0.381 e. The highest BCUT2D eigenvalue weighted by atomic mass is 79.9. The summed E-state index contributed by atoms with van der Waals surface area (Å²) in [4.78, 5) is 6.30. The fourth-order valence-electron chi connectivity index (χ4n) is 2.15. The summed E-state index contributed by atoms with van der Waals surface area (Å²) in [7, 11) is 0. The molecule has 17 heavy (non-hydrogen) atoms. The first-order valence-corrected chi connectivity index (χ1v) is 6.72. The van der Waals surface area contributed by atoms with Gasteiger partial charge in [-0.2, -0.15) is 0 Å². The molecule has 1 aliphatic heterocycles. The van der Waals surface area contributed by atoms with Crippen LogP contribution in [-0.4, -0.2) is 42.2 Å². The zero-order valence-corrected chi connectivity index (χ0v) is 11.3. The van der Waals surface area contributed by atoms with E-state index in [9.17, 15) is 4.39 Å².